The normalized spacial score (nSPS) is 17.7. The Morgan fingerprint density at radius 3 is 3.00 bits per heavy atom. The Labute approximate surface area is 105 Å². The maximum Gasteiger partial charge on any atom is 0.251 e. The molecule has 4 heteroatoms. The molecule has 1 aromatic heterocycles. The lowest BCUT2D eigenvalue weighted by atomic mass is 10.2. The van der Waals surface area contributed by atoms with Crippen LogP contribution in [-0.4, -0.2) is 30.1 Å². The number of hydrogen-bond donors (Lipinski definition) is 1. The topological polar surface area (TPSA) is 54.5 Å². The summed E-state index contributed by atoms with van der Waals surface area (Å²) in [5.41, 5.74) is 1.98. The second-order valence-corrected chi connectivity index (χ2v) is 4.36. The lowest BCUT2D eigenvalue weighted by Gasteiger charge is -2.04. The number of nitrogens with zero attached hydrogens (tertiary/aromatic N) is 1. The van der Waals surface area contributed by atoms with E-state index in [9.17, 15) is 4.79 Å². The molecule has 4 nitrogen and oxygen atoms in total. The Bertz CT molecular complexity index is 579. The molecule has 1 fully saturated rings. The van der Waals surface area contributed by atoms with E-state index in [1.54, 1.807) is 0 Å². The van der Waals surface area contributed by atoms with E-state index in [2.05, 4.69) is 16.4 Å². The molecule has 1 aliphatic heterocycles. The first-order valence-electron chi connectivity index (χ1n) is 6.07. The van der Waals surface area contributed by atoms with Crippen LogP contribution in [0.1, 0.15) is 5.69 Å². The van der Waals surface area contributed by atoms with Crippen molar-refractivity contribution in [3.05, 3.63) is 42.1 Å². The van der Waals surface area contributed by atoms with Crippen molar-refractivity contribution in [3.63, 3.8) is 0 Å². The molecule has 0 spiro atoms. The van der Waals surface area contributed by atoms with Gasteiger partial charge in [0, 0.05) is 24.0 Å². The number of benzene rings is 1. The molecule has 0 saturated carbocycles. The van der Waals surface area contributed by atoms with Gasteiger partial charge in [0.2, 0.25) is 0 Å². The smallest absolute Gasteiger partial charge is 0.251 e. The van der Waals surface area contributed by atoms with Crippen LogP contribution in [0.25, 0.3) is 10.9 Å². The van der Waals surface area contributed by atoms with E-state index < -0.39 is 0 Å². The summed E-state index contributed by atoms with van der Waals surface area (Å²) in [6.07, 6.45) is 0.526. The molecule has 18 heavy (non-hydrogen) atoms. The van der Waals surface area contributed by atoms with Crippen molar-refractivity contribution in [3.8, 4) is 0 Å². The van der Waals surface area contributed by atoms with Crippen molar-refractivity contribution < 1.29 is 9.53 Å². The summed E-state index contributed by atoms with van der Waals surface area (Å²) in [4.78, 5) is 15.9. The van der Waals surface area contributed by atoms with Gasteiger partial charge >= 0.3 is 0 Å². The van der Waals surface area contributed by atoms with Crippen LogP contribution < -0.4 is 5.32 Å². The summed E-state index contributed by atoms with van der Waals surface area (Å²) < 4.78 is 4.90. The van der Waals surface area contributed by atoms with E-state index in [0.717, 1.165) is 23.0 Å². The average molecular weight is 242 g/mol. The predicted molar refractivity (Wildman–Crippen MR) is 68.2 cm³/mol. The van der Waals surface area contributed by atoms with Crippen LogP contribution in [0.15, 0.2) is 36.4 Å². The lowest BCUT2D eigenvalue weighted by molar-refractivity contribution is -0.122. The third-order valence-electron chi connectivity index (χ3n) is 2.96. The van der Waals surface area contributed by atoms with Gasteiger partial charge in [-0.3, -0.25) is 9.78 Å². The van der Waals surface area contributed by atoms with Crippen LogP contribution >= 0.6 is 0 Å². The largest absolute Gasteiger partial charge is 0.363 e. The predicted octanol–water partition coefficient (Wildman–Crippen LogP) is 1.29. The van der Waals surface area contributed by atoms with E-state index in [1.165, 1.54) is 0 Å². The van der Waals surface area contributed by atoms with E-state index in [0.29, 0.717) is 13.2 Å². The first-order valence-corrected chi connectivity index (χ1v) is 6.07. The Kier molecular flexibility index (Phi) is 2.94. The molecule has 1 aromatic carbocycles. The Balaban J connectivity index is 1.61. The highest BCUT2D eigenvalue weighted by atomic mass is 16.6. The second-order valence-electron chi connectivity index (χ2n) is 4.36. The van der Waals surface area contributed by atoms with Gasteiger partial charge in [-0.15, -0.1) is 0 Å². The first-order chi connectivity index (χ1) is 8.83. The minimum absolute atomic E-state index is 0.0178. The quantitative estimate of drug-likeness (QED) is 0.822. The Hall–Kier alpha value is -1.94. The minimum atomic E-state index is -0.213. The number of amides is 1. The highest BCUT2D eigenvalue weighted by molar-refractivity contribution is 5.82. The van der Waals surface area contributed by atoms with Gasteiger partial charge in [-0.1, -0.05) is 24.3 Å². The number of epoxide rings is 1. The first kappa shape index (κ1) is 11.2. The number of nitrogens with one attached hydrogen (secondary N) is 1. The summed E-state index contributed by atoms with van der Waals surface area (Å²) >= 11 is 0. The maximum atomic E-state index is 11.4. The zero-order chi connectivity index (χ0) is 12.4. The fourth-order valence-corrected chi connectivity index (χ4v) is 1.87. The van der Waals surface area contributed by atoms with Crippen molar-refractivity contribution >= 4 is 16.8 Å². The monoisotopic (exact) mass is 242 g/mol. The summed E-state index contributed by atoms with van der Waals surface area (Å²) in [5.74, 6) is -0.0178. The van der Waals surface area contributed by atoms with Crippen molar-refractivity contribution in [2.45, 2.75) is 12.5 Å². The van der Waals surface area contributed by atoms with Crippen molar-refractivity contribution in [1.29, 1.82) is 0 Å². The molecule has 1 saturated heterocycles. The number of para-hydroxylation sites is 1. The van der Waals surface area contributed by atoms with Gasteiger partial charge in [0.15, 0.2) is 6.10 Å². The van der Waals surface area contributed by atoms with Crippen LogP contribution in [0.2, 0.25) is 0 Å². The standard InChI is InChI=1S/C14H14N2O2/c17-14(13-9-18-13)15-8-7-11-6-5-10-3-1-2-4-12(10)16-11/h1-6,13H,7-9H2,(H,15,17). The Morgan fingerprint density at radius 1 is 1.33 bits per heavy atom. The number of carbonyl (C=O) groups excluding carboxylic acids is 1. The average Bonchev–Trinajstić information content (AvgIpc) is 3.23. The summed E-state index contributed by atoms with van der Waals surface area (Å²) in [5, 5.41) is 3.97. The van der Waals surface area contributed by atoms with Crippen LogP contribution in [0.3, 0.4) is 0 Å². The molecule has 1 amide bonds. The molecule has 1 atom stereocenters. The minimum Gasteiger partial charge on any atom is -0.363 e. The maximum absolute atomic E-state index is 11.4. The SMILES string of the molecule is O=C(NCCc1ccc2ccccc2n1)C1CO1. The van der Waals surface area contributed by atoms with Gasteiger partial charge in [0.25, 0.3) is 5.91 Å². The molecule has 1 aliphatic rings. The zero-order valence-corrected chi connectivity index (χ0v) is 9.93. The number of pyridine rings is 1. The molecule has 2 aromatic rings. The molecular weight excluding hydrogens is 228 g/mol. The number of hydrogen-bond acceptors (Lipinski definition) is 3. The van der Waals surface area contributed by atoms with Gasteiger partial charge < -0.3 is 10.1 Å². The molecule has 92 valence electrons. The highest BCUT2D eigenvalue weighted by Crippen LogP contribution is 2.12. The third-order valence-corrected chi connectivity index (χ3v) is 2.96. The summed E-state index contributed by atoms with van der Waals surface area (Å²) in [6, 6.07) is 12.1. The number of ether oxygens (including phenoxy) is 1. The van der Waals surface area contributed by atoms with Crippen molar-refractivity contribution in [1.82, 2.24) is 10.3 Å². The lowest BCUT2D eigenvalue weighted by Crippen LogP contribution is -2.29. The van der Waals surface area contributed by atoms with Crippen LogP contribution in [-0.2, 0) is 16.0 Å². The van der Waals surface area contributed by atoms with E-state index >= 15 is 0 Å². The second kappa shape index (κ2) is 4.74. The van der Waals surface area contributed by atoms with Gasteiger partial charge in [0.1, 0.15) is 0 Å². The zero-order valence-electron chi connectivity index (χ0n) is 9.93. The fraction of sp³-hybridized carbons (Fsp3) is 0.286. The summed E-state index contributed by atoms with van der Waals surface area (Å²) in [7, 11) is 0. The molecule has 1 N–H and O–H groups in total. The fourth-order valence-electron chi connectivity index (χ4n) is 1.87. The van der Waals surface area contributed by atoms with Crippen molar-refractivity contribution in [2.75, 3.05) is 13.2 Å². The van der Waals surface area contributed by atoms with E-state index in [1.807, 2.05) is 30.3 Å². The van der Waals surface area contributed by atoms with Gasteiger partial charge in [-0.2, -0.15) is 0 Å². The van der Waals surface area contributed by atoms with Crippen LogP contribution in [0.4, 0.5) is 0 Å². The van der Waals surface area contributed by atoms with Crippen LogP contribution in [0, 0.1) is 0 Å². The van der Waals surface area contributed by atoms with E-state index in [-0.39, 0.29) is 12.0 Å². The molecule has 0 radical (unpaired) electrons. The number of rotatable bonds is 4. The molecule has 1 unspecified atom stereocenters. The Morgan fingerprint density at radius 2 is 2.17 bits per heavy atom. The number of aromatic nitrogens is 1. The molecule has 2 heterocycles. The van der Waals surface area contributed by atoms with Gasteiger partial charge in [0.05, 0.1) is 12.1 Å². The van der Waals surface area contributed by atoms with Gasteiger partial charge in [-0.25, -0.2) is 0 Å². The van der Waals surface area contributed by atoms with Gasteiger partial charge in [-0.05, 0) is 12.1 Å². The third kappa shape index (κ3) is 2.49. The summed E-state index contributed by atoms with van der Waals surface area (Å²) in [6.45, 7) is 1.16. The number of fused-ring (bicyclic) bond motifs is 1. The molecule has 0 bridgehead atoms. The molecular formula is C14H14N2O2. The number of carbonyl (C=O) groups is 1. The van der Waals surface area contributed by atoms with E-state index in [4.69, 9.17) is 4.74 Å². The highest BCUT2D eigenvalue weighted by Gasteiger charge is 2.30. The molecule has 0 aliphatic carbocycles. The molecule has 3 rings (SSSR count). The van der Waals surface area contributed by atoms with Crippen molar-refractivity contribution in [2.24, 2.45) is 0 Å². The van der Waals surface area contributed by atoms with Crippen LogP contribution in [0.5, 0.6) is 0 Å².